The zero-order chi connectivity index (χ0) is 25.0. The van der Waals surface area contributed by atoms with Crippen LogP contribution < -0.4 is 20.2 Å². The van der Waals surface area contributed by atoms with Gasteiger partial charge in [-0.05, 0) is 62.2 Å². The number of hydrogen-bond acceptors (Lipinski definition) is 9. The van der Waals surface area contributed by atoms with Crippen LogP contribution >= 0.6 is 11.3 Å². The van der Waals surface area contributed by atoms with E-state index in [1.165, 1.54) is 11.3 Å². The van der Waals surface area contributed by atoms with E-state index in [0.29, 0.717) is 35.5 Å². The number of aryl methyl sites for hydroxylation is 1. The van der Waals surface area contributed by atoms with Gasteiger partial charge in [-0.1, -0.05) is 12.1 Å². The third-order valence-electron chi connectivity index (χ3n) is 4.48. The number of esters is 1. The molecule has 1 amide bonds. The molecule has 0 radical (unpaired) electrons. The van der Waals surface area contributed by atoms with E-state index in [0.717, 1.165) is 16.8 Å². The Hall–Kier alpha value is -3.92. The fraction of sp³-hybridized carbons (Fsp3) is 0.280. The van der Waals surface area contributed by atoms with Crippen LogP contribution in [0.4, 0.5) is 10.8 Å². The Morgan fingerprint density at radius 3 is 2.71 bits per heavy atom. The van der Waals surface area contributed by atoms with E-state index >= 15 is 0 Å². The summed E-state index contributed by atoms with van der Waals surface area (Å²) >= 11 is 1.34. The maximum atomic E-state index is 12.3. The van der Waals surface area contributed by atoms with Crippen LogP contribution in [-0.2, 0) is 20.7 Å². The summed E-state index contributed by atoms with van der Waals surface area (Å²) in [4.78, 5) is 28.1. The number of carbonyl (C=O) groups excluding carboxylic acids is 2. The molecule has 2 aromatic carbocycles. The molecule has 0 atom stereocenters. The van der Waals surface area contributed by atoms with Crippen molar-refractivity contribution in [2.24, 2.45) is 5.10 Å². The normalized spacial score (nSPS) is 10.7. The molecule has 2 N–H and O–H groups in total. The van der Waals surface area contributed by atoms with E-state index in [4.69, 9.17) is 14.2 Å². The SMILES string of the molecule is CCOC(=O)Cc1csc(NN=Cc2ccc(OCC(=O)Nc3cccc(C)c3)c(OCC)c2)n1. The van der Waals surface area contributed by atoms with Gasteiger partial charge in [0.2, 0.25) is 5.13 Å². The number of ether oxygens (including phenoxy) is 3. The Morgan fingerprint density at radius 1 is 1.09 bits per heavy atom. The van der Waals surface area contributed by atoms with Gasteiger partial charge < -0.3 is 19.5 Å². The molecule has 0 bridgehead atoms. The molecule has 1 heterocycles. The van der Waals surface area contributed by atoms with Gasteiger partial charge in [-0.15, -0.1) is 11.3 Å². The number of aromatic nitrogens is 1. The first-order valence-corrected chi connectivity index (χ1v) is 12.0. The smallest absolute Gasteiger partial charge is 0.311 e. The Balaban J connectivity index is 1.56. The summed E-state index contributed by atoms with van der Waals surface area (Å²) < 4.78 is 16.3. The molecule has 3 rings (SSSR count). The number of nitrogens with one attached hydrogen (secondary N) is 2. The third-order valence-corrected chi connectivity index (χ3v) is 5.28. The molecule has 0 unspecified atom stereocenters. The highest BCUT2D eigenvalue weighted by atomic mass is 32.1. The predicted octanol–water partition coefficient (Wildman–Crippen LogP) is 4.42. The highest BCUT2D eigenvalue weighted by Gasteiger charge is 2.10. The maximum absolute atomic E-state index is 12.3. The van der Waals surface area contributed by atoms with Crippen molar-refractivity contribution < 1.29 is 23.8 Å². The zero-order valence-corrected chi connectivity index (χ0v) is 20.7. The minimum absolute atomic E-state index is 0.123. The van der Waals surface area contributed by atoms with Crippen LogP contribution in [-0.4, -0.2) is 42.9 Å². The Morgan fingerprint density at radius 2 is 1.94 bits per heavy atom. The fourth-order valence-corrected chi connectivity index (χ4v) is 3.68. The van der Waals surface area contributed by atoms with E-state index < -0.39 is 0 Å². The molecule has 0 aliphatic carbocycles. The number of carbonyl (C=O) groups is 2. The lowest BCUT2D eigenvalue weighted by molar-refractivity contribution is -0.142. The molecule has 0 spiro atoms. The lowest BCUT2D eigenvalue weighted by Crippen LogP contribution is -2.20. The predicted molar refractivity (Wildman–Crippen MR) is 137 cm³/mol. The molecule has 9 nitrogen and oxygen atoms in total. The molecule has 0 saturated carbocycles. The van der Waals surface area contributed by atoms with Gasteiger partial charge in [0.15, 0.2) is 18.1 Å². The third kappa shape index (κ3) is 8.42. The molecule has 35 heavy (non-hydrogen) atoms. The van der Waals surface area contributed by atoms with E-state index in [-0.39, 0.29) is 24.9 Å². The lowest BCUT2D eigenvalue weighted by atomic mass is 10.2. The van der Waals surface area contributed by atoms with Gasteiger partial charge in [0, 0.05) is 11.1 Å². The average molecular weight is 497 g/mol. The molecule has 184 valence electrons. The van der Waals surface area contributed by atoms with Crippen LogP contribution in [0.3, 0.4) is 0 Å². The van der Waals surface area contributed by atoms with E-state index in [1.54, 1.807) is 36.7 Å². The highest BCUT2D eigenvalue weighted by Crippen LogP contribution is 2.28. The molecule has 0 aliphatic rings. The van der Waals surface area contributed by atoms with E-state index in [9.17, 15) is 9.59 Å². The molecule has 0 aliphatic heterocycles. The first-order valence-electron chi connectivity index (χ1n) is 11.1. The van der Waals surface area contributed by atoms with Crippen LogP contribution in [0, 0.1) is 6.92 Å². The molecule has 1 aromatic heterocycles. The molecule has 0 saturated heterocycles. The first-order chi connectivity index (χ1) is 17.0. The summed E-state index contributed by atoms with van der Waals surface area (Å²) in [5.41, 5.74) is 6.01. The maximum Gasteiger partial charge on any atom is 0.311 e. The topological polar surface area (TPSA) is 111 Å². The number of hydrogen-bond donors (Lipinski definition) is 2. The monoisotopic (exact) mass is 496 g/mol. The van der Waals surface area contributed by atoms with Crippen molar-refractivity contribution in [1.82, 2.24) is 4.98 Å². The van der Waals surface area contributed by atoms with Crippen LogP contribution in [0.25, 0.3) is 0 Å². The molecule has 3 aromatic rings. The summed E-state index contributed by atoms with van der Waals surface area (Å²) in [7, 11) is 0. The minimum atomic E-state index is -0.314. The quantitative estimate of drug-likeness (QED) is 0.217. The average Bonchev–Trinajstić information content (AvgIpc) is 3.26. The van der Waals surface area contributed by atoms with Crippen molar-refractivity contribution in [2.75, 3.05) is 30.6 Å². The van der Waals surface area contributed by atoms with Crippen molar-refractivity contribution in [3.63, 3.8) is 0 Å². The van der Waals surface area contributed by atoms with Crippen molar-refractivity contribution in [1.29, 1.82) is 0 Å². The van der Waals surface area contributed by atoms with Gasteiger partial charge in [0.1, 0.15) is 0 Å². The van der Waals surface area contributed by atoms with Gasteiger partial charge >= 0.3 is 5.97 Å². The first kappa shape index (κ1) is 25.7. The van der Waals surface area contributed by atoms with E-state index in [2.05, 4.69) is 20.8 Å². The van der Waals surface area contributed by atoms with Crippen molar-refractivity contribution in [3.05, 3.63) is 64.7 Å². The molecular weight excluding hydrogens is 468 g/mol. The summed E-state index contributed by atoms with van der Waals surface area (Å²) in [5.74, 6) is 0.385. The second-order valence-electron chi connectivity index (χ2n) is 7.34. The number of amides is 1. The van der Waals surface area contributed by atoms with Crippen LogP contribution in [0.5, 0.6) is 11.5 Å². The second kappa shape index (κ2) is 13.1. The van der Waals surface area contributed by atoms with Crippen molar-refractivity contribution in [3.8, 4) is 11.5 Å². The summed E-state index contributed by atoms with van der Waals surface area (Å²) in [6.07, 6.45) is 1.74. The summed E-state index contributed by atoms with van der Waals surface area (Å²) in [6.45, 7) is 6.22. The molecule has 0 fully saturated rings. The molecule has 10 heteroatoms. The number of thiazole rings is 1. The number of rotatable bonds is 12. The fourth-order valence-electron chi connectivity index (χ4n) is 3.02. The van der Waals surface area contributed by atoms with Crippen LogP contribution in [0.1, 0.15) is 30.7 Å². The standard InChI is InChI=1S/C25H28N4O5S/c1-4-32-22-12-18(14-26-29-25-28-20(16-35-25)13-24(31)33-5-2)9-10-21(22)34-15-23(30)27-19-8-6-7-17(3)11-19/h6-12,14,16H,4-5,13,15H2,1-3H3,(H,27,30)(H,28,29). The highest BCUT2D eigenvalue weighted by molar-refractivity contribution is 7.13. The van der Waals surface area contributed by atoms with Gasteiger partial charge in [0.25, 0.3) is 5.91 Å². The summed E-state index contributed by atoms with van der Waals surface area (Å²) in [6, 6.07) is 12.9. The Labute approximate surface area is 208 Å². The van der Waals surface area contributed by atoms with E-state index in [1.807, 2.05) is 38.1 Å². The Bertz CT molecular complexity index is 1180. The molecular formula is C25H28N4O5S. The number of hydrazone groups is 1. The largest absolute Gasteiger partial charge is 0.490 e. The number of anilines is 2. The second-order valence-corrected chi connectivity index (χ2v) is 8.20. The minimum Gasteiger partial charge on any atom is -0.490 e. The van der Waals surface area contributed by atoms with Gasteiger partial charge in [-0.25, -0.2) is 4.98 Å². The van der Waals surface area contributed by atoms with Crippen molar-refractivity contribution in [2.45, 2.75) is 27.2 Å². The number of nitrogens with zero attached hydrogens (tertiary/aromatic N) is 2. The van der Waals surface area contributed by atoms with Crippen LogP contribution in [0.15, 0.2) is 52.9 Å². The Kier molecular flexibility index (Phi) is 9.61. The van der Waals surface area contributed by atoms with Gasteiger partial charge in [-0.2, -0.15) is 5.10 Å². The van der Waals surface area contributed by atoms with Crippen LogP contribution in [0.2, 0.25) is 0 Å². The van der Waals surface area contributed by atoms with Gasteiger partial charge in [-0.3, -0.25) is 15.0 Å². The zero-order valence-electron chi connectivity index (χ0n) is 19.9. The lowest BCUT2D eigenvalue weighted by Gasteiger charge is -2.13. The van der Waals surface area contributed by atoms with Crippen molar-refractivity contribution >= 4 is 40.2 Å². The summed E-state index contributed by atoms with van der Waals surface area (Å²) in [5, 5.41) is 9.35. The number of benzene rings is 2. The van der Waals surface area contributed by atoms with Gasteiger partial charge in [0.05, 0.1) is 31.5 Å².